The molecule has 8 heteroatoms. The largest absolute Gasteiger partial charge is 0.478 e. The molecule has 0 unspecified atom stereocenters. The lowest BCUT2D eigenvalue weighted by Gasteiger charge is -2.34. The number of alkyl halides is 2. The molecule has 1 aliphatic carbocycles. The minimum atomic E-state index is -3.67. The highest BCUT2D eigenvalue weighted by atomic mass is 32.2. The molecule has 0 saturated heterocycles. The van der Waals surface area contributed by atoms with E-state index < -0.39 is 46.7 Å². The van der Waals surface area contributed by atoms with Gasteiger partial charge in [-0.15, -0.1) is 0 Å². The van der Waals surface area contributed by atoms with Gasteiger partial charge in [0.2, 0.25) is 15.9 Å². The summed E-state index contributed by atoms with van der Waals surface area (Å²) in [7, 11) is -3.67. The van der Waals surface area contributed by atoms with Gasteiger partial charge in [-0.25, -0.2) is 26.7 Å². The Morgan fingerprint density at radius 3 is 2.36 bits per heavy atom. The van der Waals surface area contributed by atoms with Crippen molar-refractivity contribution in [1.82, 2.24) is 4.72 Å². The highest BCUT2D eigenvalue weighted by Crippen LogP contribution is 2.42. The summed E-state index contributed by atoms with van der Waals surface area (Å²) in [5.41, 5.74) is 0.711. The molecule has 0 spiro atoms. The Labute approximate surface area is 127 Å². The molecule has 0 aliphatic heterocycles. The minimum Gasteiger partial charge on any atom is -0.478 e. The average molecular weight is 333 g/mol. The van der Waals surface area contributed by atoms with Crippen LogP contribution in [0.1, 0.15) is 41.7 Å². The normalized spacial score (nSPS) is 19.4. The minimum absolute atomic E-state index is 0.107. The molecule has 1 aromatic rings. The van der Waals surface area contributed by atoms with Crippen LogP contribution in [0.4, 0.5) is 8.78 Å². The maximum Gasteiger partial charge on any atom is 0.335 e. The molecule has 2 rings (SSSR count). The molecule has 0 amide bonds. The number of halogens is 2. The summed E-state index contributed by atoms with van der Waals surface area (Å²) >= 11 is 0. The first kappa shape index (κ1) is 16.8. The third-order valence-electron chi connectivity index (χ3n) is 3.64. The fourth-order valence-electron chi connectivity index (χ4n) is 2.51. The van der Waals surface area contributed by atoms with Gasteiger partial charge in [0.1, 0.15) is 0 Å². The predicted molar refractivity (Wildman–Crippen MR) is 76.4 cm³/mol. The standard InChI is InChI=1S/C14H17F2NO4S/c1-9(11-2-4-12(5-3-11)13(18)19)17-22(20,21)8-10-6-14(15,16)7-10/h2-5,9-10,17H,6-8H2,1H3,(H,18,19)/t9-/m0/s1. The number of carboxylic acids is 1. The van der Waals surface area contributed by atoms with E-state index in [2.05, 4.69) is 4.72 Å². The quantitative estimate of drug-likeness (QED) is 0.837. The monoisotopic (exact) mass is 333 g/mol. The second-order valence-corrected chi connectivity index (χ2v) is 7.48. The van der Waals surface area contributed by atoms with Crippen LogP contribution in [0.25, 0.3) is 0 Å². The SMILES string of the molecule is C[C@H](NS(=O)(=O)CC1CC(F)(F)C1)c1ccc(C(=O)O)cc1. The number of carbonyl (C=O) groups is 1. The molecule has 1 aliphatic rings. The van der Waals surface area contributed by atoms with E-state index in [1.165, 1.54) is 24.3 Å². The van der Waals surface area contributed by atoms with E-state index in [0.29, 0.717) is 5.56 Å². The van der Waals surface area contributed by atoms with Crippen molar-refractivity contribution in [3.63, 3.8) is 0 Å². The fourth-order valence-corrected chi connectivity index (χ4v) is 4.14. The molecule has 1 fully saturated rings. The third-order valence-corrected chi connectivity index (χ3v) is 5.27. The van der Waals surface area contributed by atoms with Gasteiger partial charge in [-0.3, -0.25) is 0 Å². The molecule has 1 atom stereocenters. The van der Waals surface area contributed by atoms with E-state index in [9.17, 15) is 22.0 Å². The number of hydrogen-bond acceptors (Lipinski definition) is 3. The van der Waals surface area contributed by atoms with Crippen molar-refractivity contribution in [2.45, 2.75) is 31.7 Å². The zero-order valence-corrected chi connectivity index (χ0v) is 12.7. The van der Waals surface area contributed by atoms with E-state index >= 15 is 0 Å². The third kappa shape index (κ3) is 4.23. The molecule has 0 bridgehead atoms. The first-order valence-corrected chi connectivity index (χ1v) is 8.44. The Kier molecular flexibility index (Phi) is 4.53. The maximum atomic E-state index is 12.7. The number of benzene rings is 1. The predicted octanol–water partition coefficient (Wildman–Crippen LogP) is 2.41. The number of nitrogens with one attached hydrogen (secondary N) is 1. The van der Waals surface area contributed by atoms with Crippen LogP contribution in [0.5, 0.6) is 0 Å². The van der Waals surface area contributed by atoms with Gasteiger partial charge in [0.15, 0.2) is 0 Å². The Bertz CT molecular complexity index is 650. The van der Waals surface area contributed by atoms with E-state index in [1.807, 2.05) is 0 Å². The summed E-state index contributed by atoms with van der Waals surface area (Å²) in [5.74, 6) is -4.64. The van der Waals surface area contributed by atoms with Crippen molar-refractivity contribution in [3.8, 4) is 0 Å². The second-order valence-electron chi connectivity index (χ2n) is 5.68. The lowest BCUT2D eigenvalue weighted by molar-refractivity contribution is -0.103. The van der Waals surface area contributed by atoms with Crippen molar-refractivity contribution in [3.05, 3.63) is 35.4 Å². The van der Waals surface area contributed by atoms with Crippen molar-refractivity contribution in [1.29, 1.82) is 0 Å². The van der Waals surface area contributed by atoms with E-state index in [4.69, 9.17) is 5.11 Å². The summed E-state index contributed by atoms with van der Waals surface area (Å²) in [6, 6.07) is 5.25. The fraction of sp³-hybridized carbons (Fsp3) is 0.500. The molecule has 22 heavy (non-hydrogen) atoms. The Morgan fingerprint density at radius 1 is 1.36 bits per heavy atom. The summed E-state index contributed by atoms with van der Waals surface area (Å²) in [6.45, 7) is 1.61. The lowest BCUT2D eigenvalue weighted by Crippen LogP contribution is -2.42. The number of sulfonamides is 1. The highest BCUT2D eigenvalue weighted by Gasteiger charge is 2.46. The maximum absolute atomic E-state index is 12.7. The Morgan fingerprint density at radius 2 is 1.91 bits per heavy atom. The van der Waals surface area contributed by atoms with Crippen LogP contribution in [0, 0.1) is 5.92 Å². The van der Waals surface area contributed by atoms with Gasteiger partial charge in [-0.1, -0.05) is 12.1 Å². The van der Waals surface area contributed by atoms with Gasteiger partial charge in [0.25, 0.3) is 0 Å². The zero-order chi connectivity index (χ0) is 16.5. The molecule has 1 saturated carbocycles. The first-order valence-electron chi connectivity index (χ1n) is 6.79. The topological polar surface area (TPSA) is 83.5 Å². The lowest BCUT2D eigenvalue weighted by atomic mass is 9.83. The number of hydrogen-bond donors (Lipinski definition) is 2. The zero-order valence-electron chi connectivity index (χ0n) is 11.9. The van der Waals surface area contributed by atoms with E-state index in [0.717, 1.165) is 0 Å². The van der Waals surface area contributed by atoms with Gasteiger partial charge in [0, 0.05) is 18.9 Å². The van der Waals surface area contributed by atoms with Gasteiger partial charge < -0.3 is 5.11 Å². The van der Waals surface area contributed by atoms with Gasteiger partial charge in [0.05, 0.1) is 11.3 Å². The molecule has 0 aromatic heterocycles. The van der Waals surface area contributed by atoms with Crippen molar-refractivity contribution < 1.29 is 27.1 Å². The molecule has 1 aromatic carbocycles. The summed E-state index contributed by atoms with van der Waals surface area (Å²) in [4.78, 5) is 10.8. The molecule has 2 N–H and O–H groups in total. The van der Waals surface area contributed by atoms with Crippen LogP contribution in [0.2, 0.25) is 0 Å². The molecule has 0 radical (unpaired) electrons. The number of rotatable bonds is 6. The van der Waals surface area contributed by atoms with Crippen LogP contribution < -0.4 is 4.72 Å². The number of aromatic carboxylic acids is 1. The van der Waals surface area contributed by atoms with Crippen LogP contribution in [0.15, 0.2) is 24.3 Å². The number of carboxylic acid groups (broad SMARTS) is 1. The molecular formula is C14H17F2NO4S. The highest BCUT2D eigenvalue weighted by molar-refractivity contribution is 7.89. The average Bonchev–Trinajstić information content (AvgIpc) is 2.35. The van der Waals surface area contributed by atoms with Gasteiger partial charge in [-0.05, 0) is 30.5 Å². The van der Waals surface area contributed by atoms with Crippen LogP contribution in [-0.2, 0) is 10.0 Å². The first-order chi connectivity index (χ1) is 10.1. The smallest absolute Gasteiger partial charge is 0.335 e. The van der Waals surface area contributed by atoms with Crippen molar-refractivity contribution in [2.75, 3.05) is 5.75 Å². The van der Waals surface area contributed by atoms with E-state index in [-0.39, 0.29) is 11.3 Å². The molecular weight excluding hydrogens is 316 g/mol. The van der Waals surface area contributed by atoms with Crippen molar-refractivity contribution >= 4 is 16.0 Å². The summed E-state index contributed by atoms with van der Waals surface area (Å²) in [6.07, 6.45) is -0.787. The van der Waals surface area contributed by atoms with Crippen LogP contribution in [-0.4, -0.2) is 31.2 Å². The summed E-state index contributed by atoms with van der Waals surface area (Å²) < 4.78 is 51.8. The molecule has 122 valence electrons. The Balaban J connectivity index is 1.95. The van der Waals surface area contributed by atoms with Gasteiger partial charge >= 0.3 is 5.97 Å². The van der Waals surface area contributed by atoms with Crippen LogP contribution in [0.3, 0.4) is 0 Å². The summed E-state index contributed by atoms with van der Waals surface area (Å²) in [5, 5.41) is 8.80. The van der Waals surface area contributed by atoms with Gasteiger partial charge in [-0.2, -0.15) is 0 Å². The van der Waals surface area contributed by atoms with Crippen molar-refractivity contribution in [2.24, 2.45) is 5.92 Å². The molecule has 0 heterocycles. The Hall–Kier alpha value is -1.54. The molecule has 5 nitrogen and oxygen atoms in total. The second kappa shape index (κ2) is 5.92. The van der Waals surface area contributed by atoms with E-state index in [1.54, 1.807) is 6.92 Å². The van der Waals surface area contributed by atoms with Crippen LogP contribution >= 0.6 is 0 Å².